The first-order chi connectivity index (χ1) is 15.1. The molecule has 2 aliphatic rings. The predicted octanol–water partition coefficient (Wildman–Crippen LogP) is 4.07. The second-order valence-corrected chi connectivity index (χ2v) is 8.71. The zero-order valence-corrected chi connectivity index (χ0v) is 18.1. The summed E-state index contributed by atoms with van der Waals surface area (Å²) in [5, 5.41) is 1.62. The number of carbonyl (C=O) groups is 1. The number of aromatic amines is 1. The van der Waals surface area contributed by atoms with Crippen LogP contribution in [0.2, 0.25) is 5.15 Å². The Morgan fingerprint density at radius 1 is 1.16 bits per heavy atom. The first kappa shape index (κ1) is 20.1. The fourth-order valence-corrected chi connectivity index (χ4v) is 4.99. The third-order valence-electron chi connectivity index (χ3n) is 6.55. The summed E-state index contributed by atoms with van der Waals surface area (Å²) in [6.45, 7) is 4.02. The maximum absolute atomic E-state index is 11.6. The van der Waals surface area contributed by atoms with Crippen molar-refractivity contribution >= 4 is 39.8 Å². The molecule has 7 heteroatoms. The fraction of sp³-hybridized carbons (Fsp3) is 0.333. The summed E-state index contributed by atoms with van der Waals surface area (Å²) in [4.78, 5) is 24.3. The van der Waals surface area contributed by atoms with Gasteiger partial charge in [-0.1, -0.05) is 23.7 Å². The van der Waals surface area contributed by atoms with Crippen LogP contribution in [0.25, 0.3) is 16.5 Å². The van der Waals surface area contributed by atoms with E-state index < -0.39 is 0 Å². The van der Waals surface area contributed by atoms with Crippen molar-refractivity contribution in [3.05, 3.63) is 65.0 Å². The minimum absolute atomic E-state index is 0.390. The number of primary amides is 1. The topological polar surface area (TPSA) is 78.2 Å². The van der Waals surface area contributed by atoms with Crippen molar-refractivity contribution in [3.63, 3.8) is 0 Å². The molecule has 0 radical (unpaired) electrons. The highest BCUT2D eigenvalue weighted by Crippen LogP contribution is 2.34. The quantitative estimate of drug-likeness (QED) is 0.605. The van der Waals surface area contributed by atoms with E-state index in [4.69, 9.17) is 17.3 Å². The lowest BCUT2D eigenvalue weighted by atomic mass is 9.89. The largest absolute Gasteiger partial charge is 0.366 e. The van der Waals surface area contributed by atoms with Gasteiger partial charge in [-0.3, -0.25) is 9.69 Å². The molecule has 5 rings (SSSR count). The van der Waals surface area contributed by atoms with Crippen LogP contribution >= 0.6 is 11.6 Å². The maximum Gasteiger partial charge on any atom is 0.248 e. The molecular formula is C24H26ClN5O. The van der Waals surface area contributed by atoms with Crippen LogP contribution in [-0.2, 0) is 0 Å². The van der Waals surface area contributed by atoms with Crippen molar-refractivity contribution < 1.29 is 4.79 Å². The molecule has 1 aromatic carbocycles. The van der Waals surface area contributed by atoms with Gasteiger partial charge >= 0.3 is 0 Å². The summed E-state index contributed by atoms with van der Waals surface area (Å²) in [7, 11) is 0. The lowest BCUT2D eigenvalue weighted by Crippen LogP contribution is -2.50. The zero-order valence-electron chi connectivity index (χ0n) is 17.4. The van der Waals surface area contributed by atoms with Gasteiger partial charge in [0, 0.05) is 60.4 Å². The first-order valence-electron chi connectivity index (χ1n) is 10.8. The van der Waals surface area contributed by atoms with Gasteiger partial charge in [-0.15, -0.1) is 0 Å². The minimum Gasteiger partial charge on any atom is -0.366 e. The molecule has 1 saturated heterocycles. The number of hydrogen-bond donors (Lipinski definition) is 2. The average molecular weight is 436 g/mol. The van der Waals surface area contributed by atoms with E-state index >= 15 is 0 Å². The SMILES string of the molecule is NC(=O)c1ccc2[nH]cc(C3=CCC(N4CCN(c5cccc(Cl)n5)CC4)CC3)c2c1. The number of H-pyrrole nitrogens is 1. The number of aromatic nitrogens is 2. The number of anilines is 1. The standard InChI is InChI=1S/C24H26ClN5O/c25-22-2-1-3-23(28-22)30-12-10-29(11-13-30)18-7-4-16(5-8-18)20-15-27-21-9-6-17(24(26)31)14-19(20)21/h1-4,6,9,14-15,18,27H,5,7-8,10-13H2,(H2,26,31). The van der Waals surface area contributed by atoms with Gasteiger partial charge in [0.25, 0.3) is 0 Å². The summed E-state index contributed by atoms with van der Waals surface area (Å²) in [6, 6.07) is 12.0. The van der Waals surface area contributed by atoms with Crippen LogP contribution < -0.4 is 10.6 Å². The Morgan fingerprint density at radius 3 is 2.71 bits per heavy atom. The average Bonchev–Trinajstić information content (AvgIpc) is 3.22. The molecule has 1 amide bonds. The monoisotopic (exact) mass is 435 g/mol. The van der Waals surface area contributed by atoms with Gasteiger partial charge in [0.2, 0.25) is 5.91 Å². The van der Waals surface area contributed by atoms with E-state index in [9.17, 15) is 4.79 Å². The number of nitrogens with zero attached hydrogens (tertiary/aromatic N) is 3. The normalized spacial score (nSPS) is 20.1. The molecule has 0 saturated carbocycles. The number of benzene rings is 1. The molecule has 0 bridgehead atoms. The smallest absolute Gasteiger partial charge is 0.248 e. The first-order valence-corrected chi connectivity index (χ1v) is 11.2. The van der Waals surface area contributed by atoms with E-state index in [2.05, 4.69) is 32.0 Å². The third kappa shape index (κ3) is 4.05. The second-order valence-electron chi connectivity index (χ2n) is 8.33. The number of nitrogens with one attached hydrogen (secondary N) is 1. The fourth-order valence-electron chi connectivity index (χ4n) is 4.83. The maximum atomic E-state index is 11.6. The number of nitrogens with two attached hydrogens (primary N) is 1. The van der Waals surface area contributed by atoms with Crippen LogP contribution in [0.15, 0.2) is 48.7 Å². The Balaban J connectivity index is 1.25. The van der Waals surface area contributed by atoms with Crippen molar-refractivity contribution in [1.82, 2.24) is 14.9 Å². The van der Waals surface area contributed by atoms with Crippen LogP contribution in [0, 0.1) is 0 Å². The van der Waals surface area contributed by atoms with Crippen LogP contribution in [0.4, 0.5) is 5.82 Å². The lowest BCUT2D eigenvalue weighted by molar-refractivity contribution is 0.100. The Labute approximate surface area is 186 Å². The molecule has 1 atom stereocenters. The van der Waals surface area contributed by atoms with Crippen LogP contribution in [0.3, 0.4) is 0 Å². The number of pyridine rings is 1. The number of piperazine rings is 1. The van der Waals surface area contributed by atoms with E-state index in [0.29, 0.717) is 16.8 Å². The number of hydrogen-bond acceptors (Lipinski definition) is 4. The number of halogens is 1. The molecular weight excluding hydrogens is 410 g/mol. The summed E-state index contributed by atoms with van der Waals surface area (Å²) in [5.41, 5.74) is 9.60. The number of amides is 1. The predicted molar refractivity (Wildman–Crippen MR) is 125 cm³/mol. The van der Waals surface area contributed by atoms with Gasteiger partial charge < -0.3 is 15.6 Å². The molecule has 160 valence electrons. The summed E-state index contributed by atoms with van der Waals surface area (Å²) in [5.74, 6) is 0.575. The van der Waals surface area contributed by atoms with Crippen molar-refractivity contribution in [3.8, 4) is 0 Å². The molecule has 3 heterocycles. The zero-order chi connectivity index (χ0) is 21.4. The van der Waals surface area contributed by atoms with E-state index in [1.165, 1.54) is 11.1 Å². The van der Waals surface area contributed by atoms with E-state index in [0.717, 1.165) is 62.2 Å². The van der Waals surface area contributed by atoms with Gasteiger partial charge in [-0.05, 0) is 55.2 Å². The Morgan fingerprint density at radius 2 is 2.00 bits per heavy atom. The number of allylic oxidation sites excluding steroid dienone is 1. The van der Waals surface area contributed by atoms with E-state index in [-0.39, 0.29) is 5.91 Å². The van der Waals surface area contributed by atoms with Crippen molar-refractivity contribution in [2.45, 2.75) is 25.3 Å². The van der Waals surface area contributed by atoms with Crippen LogP contribution in [0.1, 0.15) is 35.2 Å². The molecule has 1 aliphatic carbocycles. The number of carbonyl (C=O) groups excluding carboxylic acids is 1. The highest BCUT2D eigenvalue weighted by atomic mass is 35.5. The highest BCUT2D eigenvalue weighted by molar-refractivity contribution is 6.29. The third-order valence-corrected chi connectivity index (χ3v) is 6.76. The molecule has 3 N–H and O–H groups in total. The summed E-state index contributed by atoms with van der Waals surface area (Å²) < 4.78 is 0. The molecule has 1 unspecified atom stereocenters. The lowest BCUT2D eigenvalue weighted by Gasteiger charge is -2.40. The molecule has 1 aliphatic heterocycles. The van der Waals surface area contributed by atoms with Crippen molar-refractivity contribution in [1.29, 1.82) is 0 Å². The van der Waals surface area contributed by atoms with Gasteiger partial charge in [0.05, 0.1) is 0 Å². The molecule has 3 aromatic rings. The number of rotatable bonds is 4. The molecule has 0 spiro atoms. The molecule has 6 nitrogen and oxygen atoms in total. The van der Waals surface area contributed by atoms with Gasteiger partial charge in [-0.2, -0.15) is 0 Å². The van der Waals surface area contributed by atoms with Crippen molar-refractivity contribution in [2.24, 2.45) is 5.73 Å². The van der Waals surface area contributed by atoms with Gasteiger partial charge in [0.1, 0.15) is 11.0 Å². The van der Waals surface area contributed by atoms with Gasteiger partial charge in [-0.25, -0.2) is 4.98 Å². The molecule has 1 fully saturated rings. The molecule has 2 aromatic heterocycles. The molecule has 31 heavy (non-hydrogen) atoms. The van der Waals surface area contributed by atoms with E-state index in [1.807, 2.05) is 30.3 Å². The highest BCUT2D eigenvalue weighted by Gasteiger charge is 2.26. The Bertz CT molecular complexity index is 1150. The van der Waals surface area contributed by atoms with E-state index in [1.54, 1.807) is 6.07 Å². The summed E-state index contributed by atoms with van der Waals surface area (Å²) >= 11 is 6.05. The Kier molecular flexibility index (Phi) is 5.42. The van der Waals surface area contributed by atoms with Gasteiger partial charge in [0.15, 0.2) is 0 Å². The van der Waals surface area contributed by atoms with Crippen LogP contribution in [-0.4, -0.2) is 53.0 Å². The second kappa shape index (κ2) is 8.36. The van der Waals surface area contributed by atoms with Crippen LogP contribution in [0.5, 0.6) is 0 Å². The number of fused-ring (bicyclic) bond motifs is 1. The summed E-state index contributed by atoms with van der Waals surface area (Å²) in [6.07, 6.45) is 7.65. The van der Waals surface area contributed by atoms with Crippen molar-refractivity contribution in [2.75, 3.05) is 31.1 Å². The minimum atomic E-state index is -0.390. The Hall–Kier alpha value is -2.83.